The molecule has 4 rings (SSSR count). The minimum Gasteiger partial charge on any atom is -0.345 e. The van der Waals surface area contributed by atoms with Gasteiger partial charge in [-0.05, 0) is 47.0 Å². The van der Waals surface area contributed by atoms with Gasteiger partial charge in [0, 0.05) is 5.92 Å². The highest BCUT2D eigenvalue weighted by Gasteiger charge is 2.30. The van der Waals surface area contributed by atoms with E-state index in [0.29, 0.717) is 5.92 Å². The molecule has 0 aromatic heterocycles. The predicted octanol–water partition coefficient (Wildman–Crippen LogP) is 4.32. The second-order valence-corrected chi connectivity index (χ2v) is 7.17. The first-order chi connectivity index (χ1) is 12.7. The molecule has 1 aliphatic rings. The molecule has 0 spiro atoms. The monoisotopic (exact) mass is 380 g/mol. The number of carbonyl (C=O) groups is 1. The van der Waals surface area contributed by atoms with Crippen LogP contribution in [-0.4, -0.2) is 19.0 Å². The Kier molecular flexibility index (Phi) is 6.15. The molecule has 1 heterocycles. The van der Waals surface area contributed by atoms with Crippen molar-refractivity contribution in [3.05, 3.63) is 83.9 Å². The lowest BCUT2D eigenvalue weighted by molar-refractivity contribution is -0.127. The molecular formula is C23H25ClN2O. The minimum absolute atomic E-state index is 0. The second kappa shape index (κ2) is 8.55. The van der Waals surface area contributed by atoms with Crippen molar-refractivity contribution in [3.63, 3.8) is 0 Å². The van der Waals surface area contributed by atoms with Crippen molar-refractivity contribution in [2.45, 2.75) is 13.0 Å². The molecule has 1 aliphatic heterocycles. The Balaban J connectivity index is 0.00000210. The van der Waals surface area contributed by atoms with Crippen LogP contribution in [0, 0.1) is 11.8 Å². The van der Waals surface area contributed by atoms with E-state index >= 15 is 0 Å². The van der Waals surface area contributed by atoms with Gasteiger partial charge in [0.2, 0.25) is 5.91 Å². The van der Waals surface area contributed by atoms with E-state index in [0.717, 1.165) is 24.2 Å². The molecule has 3 nitrogen and oxygen atoms in total. The van der Waals surface area contributed by atoms with Crippen LogP contribution in [0.3, 0.4) is 0 Å². The molecule has 27 heavy (non-hydrogen) atoms. The van der Waals surface area contributed by atoms with Crippen LogP contribution < -0.4 is 10.6 Å². The fourth-order valence-corrected chi connectivity index (χ4v) is 3.54. The molecule has 1 amide bonds. The zero-order chi connectivity index (χ0) is 17.9. The summed E-state index contributed by atoms with van der Waals surface area (Å²) in [6.45, 7) is 3.89. The van der Waals surface area contributed by atoms with E-state index in [9.17, 15) is 4.79 Å². The summed E-state index contributed by atoms with van der Waals surface area (Å²) in [5.74, 6) is 0.574. The Morgan fingerprint density at radius 3 is 2.26 bits per heavy atom. The number of halogens is 1. The van der Waals surface area contributed by atoms with E-state index in [-0.39, 0.29) is 30.3 Å². The maximum atomic E-state index is 12.9. The smallest absolute Gasteiger partial charge is 0.223 e. The van der Waals surface area contributed by atoms with Gasteiger partial charge < -0.3 is 10.6 Å². The van der Waals surface area contributed by atoms with E-state index in [4.69, 9.17) is 0 Å². The van der Waals surface area contributed by atoms with Crippen LogP contribution in [0.2, 0.25) is 0 Å². The number of fused-ring (bicyclic) bond motifs is 1. The normalized spacial score (nSPS) is 16.0. The standard InChI is InChI=1S/C23H24N2O.ClH/c1-16(21-14-24-15-21)23(26)25-22(18-8-3-2-4-9-18)20-12-11-17-7-5-6-10-19(17)13-20;/h2-13,16,21-22,24H,14-15H2,1H3,(H,25,26);1H. The number of hydrogen-bond donors (Lipinski definition) is 2. The molecule has 0 aliphatic carbocycles. The van der Waals surface area contributed by atoms with Crippen molar-refractivity contribution in [2.75, 3.05) is 13.1 Å². The molecule has 0 radical (unpaired) electrons. The van der Waals surface area contributed by atoms with E-state index in [1.165, 1.54) is 10.8 Å². The second-order valence-electron chi connectivity index (χ2n) is 7.17. The molecule has 140 valence electrons. The van der Waals surface area contributed by atoms with Gasteiger partial charge in [-0.1, -0.05) is 73.7 Å². The first kappa shape index (κ1) is 19.4. The van der Waals surface area contributed by atoms with Gasteiger partial charge in [0.25, 0.3) is 0 Å². The number of hydrogen-bond acceptors (Lipinski definition) is 2. The largest absolute Gasteiger partial charge is 0.345 e. The summed E-state index contributed by atoms with van der Waals surface area (Å²) in [5, 5.41) is 8.95. The fourth-order valence-electron chi connectivity index (χ4n) is 3.54. The van der Waals surface area contributed by atoms with Gasteiger partial charge in [-0.25, -0.2) is 0 Å². The third-order valence-corrected chi connectivity index (χ3v) is 5.46. The third-order valence-electron chi connectivity index (χ3n) is 5.46. The molecule has 2 atom stereocenters. The summed E-state index contributed by atoms with van der Waals surface area (Å²) in [6.07, 6.45) is 0. The summed E-state index contributed by atoms with van der Waals surface area (Å²) in [4.78, 5) is 12.9. The Labute approximate surface area is 166 Å². The SMILES string of the molecule is CC(C(=O)NC(c1ccccc1)c1ccc2ccccc2c1)C1CNC1.Cl. The predicted molar refractivity (Wildman–Crippen MR) is 113 cm³/mol. The molecular weight excluding hydrogens is 356 g/mol. The lowest BCUT2D eigenvalue weighted by Crippen LogP contribution is -2.50. The highest BCUT2D eigenvalue weighted by atomic mass is 35.5. The third kappa shape index (κ3) is 4.15. The first-order valence-corrected chi connectivity index (χ1v) is 9.27. The van der Waals surface area contributed by atoms with E-state index in [2.05, 4.69) is 53.1 Å². The Hall–Kier alpha value is -2.36. The number of nitrogens with one attached hydrogen (secondary N) is 2. The van der Waals surface area contributed by atoms with Gasteiger partial charge >= 0.3 is 0 Å². The highest BCUT2D eigenvalue weighted by Crippen LogP contribution is 2.27. The number of rotatable bonds is 5. The van der Waals surface area contributed by atoms with Gasteiger partial charge in [0.05, 0.1) is 6.04 Å². The van der Waals surface area contributed by atoms with Gasteiger partial charge in [-0.15, -0.1) is 12.4 Å². The Morgan fingerprint density at radius 2 is 1.59 bits per heavy atom. The lowest BCUT2D eigenvalue weighted by atomic mass is 9.87. The molecule has 0 bridgehead atoms. The fraction of sp³-hybridized carbons (Fsp3) is 0.261. The van der Waals surface area contributed by atoms with Crippen molar-refractivity contribution < 1.29 is 4.79 Å². The highest BCUT2D eigenvalue weighted by molar-refractivity contribution is 5.85. The Morgan fingerprint density at radius 1 is 0.926 bits per heavy atom. The van der Waals surface area contributed by atoms with Gasteiger partial charge in [0.15, 0.2) is 0 Å². The van der Waals surface area contributed by atoms with Gasteiger partial charge in [-0.3, -0.25) is 4.79 Å². The maximum absolute atomic E-state index is 12.9. The van der Waals surface area contributed by atoms with Gasteiger partial charge in [-0.2, -0.15) is 0 Å². The first-order valence-electron chi connectivity index (χ1n) is 9.27. The number of carbonyl (C=O) groups excluding carboxylic acids is 1. The summed E-state index contributed by atoms with van der Waals surface area (Å²) in [6, 6.07) is 24.8. The summed E-state index contributed by atoms with van der Waals surface area (Å²) in [5.41, 5.74) is 2.22. The summed E-state index contributed by atoms with van der Waals surface area (Å²) in [7, 11) is 0. The summed E-state index contributed by atoms with van der Waals surface area (Å²) >= 11 is 0. The molecule has 3 aromatic carbocycles. The minimum atomic E-state index is -0.135. The van der Waals surface area contributed by atoms with Crippen LogP contribution in [0.1, 0.15) is 24.1 Å². The number of amides is 1. The van der Waals surface area contributed by atoms with Crippen LogP contribution in [0.5, 0.6) is 0 Å². The molecule has 2 unspecified atom stereocenters. The van der Waals surface area contributed by atoms with Crippen LogP contribution >= 0.6 is 12.4 Å². The van der Waals surface area contributed by atoms with Crippen LogP contribution in [-0.2, 0) is 4.79 Å². The average Bonchev–Trinajstić information content (AvgIpc) is 2.65. The van der Waals surface area contributed by atoms with Gasteiger partial charge in [0.1, 0.15) is 0 Å². The zero-order valence-electron chi connectivity index (χ0n) is 15.4. The topological polar surface area (TPSA) is 41.1 Å². The average molecular weight is 381 g/mol. The van der Waals surface area contributed by atoms with Crippen molar-refractivity contribution in [1.29, 1.82) is 0 Å². The molecule has 1 fully saturated rings. The van der Waals surface area contributed by atoms with Crippen molar-refractivity contribution in [2.24, 2.45) is 11.8 Å². The number of benzene rings is 3. The van der Waals surface area contributed by atoms with Crippen LogP contribution in [0.25, 0.3) is 10.8 Å². The molecule has 3 aromatic rings. The molecule has 4 heteroatoms. The van der Waals surface area contributed by atoms with E-state index in [1.54, 1.807) is 0 Å². The molecule has 2 N–H and O–H groups in total. The van der Waals surface area contributed by atoms with Crippen molar-refractivity contribution >= 4 is 29.1 Å². The molecule has 1 saturated heterocycles. The van der Waals surface area contributed by atoms with Crippen molar-refractivity contribution in [1.82, 2.24) is 10.6 Å². The van der Waals surface area contributed by atoms with Crippen molar-refractivity contribution in [3.8, 4) is 0 Å². The van der Waals surface area contributed by atoms with Crippen LogP contribution in [0.4, 0.5) is 0 Å². The van der Waals surface area contributed by atoms with E-state index < -0.39 is 0 Å². The summed E-state index contributed by atoms with van der Waals surface area (Å²) < 4.78 is 0. The lowest BCUT2D eigenvalue weighted by Gasteiger charge is -2.33. The zero-order valence-corrected chi connectivity index (χ0v) is 16.2. The maximum Gasteiger partial charge on any atom is 0.223 e. The quantitative estimate of drug-likeness (QED) is 0.692. The Bertz CT molecular complexity index is 908. The van der Waals surface area contributed by atoms with E-state index in [1.807, 2.05) is 37.3 Å². The van der Waals surface area contributed by atoms with Crippen LogP contribution in [0.15, 0.2) is 72.8 Å². The molecule has 0 saturated carbocycles.